The van der Waals surface area contributed by atoms with Gasteiger partial charge in [0.1, 0.15) is 5.56 Å². The molecule has 0 bridgehead atoms. The number of amides is 1. The molecule has 126 valence electrons. The van der Waals surface area contributed by atoms with Crippen LogP contribution in [0.4, 0.5) is 0 Å². The van der Waals surface area contributed by atoms with E-state index in [1.807, 2.05) is 19.1 Å². The summed E-state index contributed by atoms with van der Waals surface area (Å²) in [4.78, 5) is 23.9. The van der Waals surface area contributed by atoms with Crippen LogP contribution in [0.1, 0.15) is 46.2 Å². The first-order chi connectivity index (χ1) is 11.6. The number of nitrogens with zero attached hydrogens (tertiary/aromatic N) is 2. The number of esters is 1. The minimum Gasteiger partial charge on any atom is -0.462 e. The van der Waals surface area contributed by atoms with Crippen molar-refractivity contribution in [2.45, 2.75) is 26.7 Å². The molecule has 6 heteroatoms. The third-order valence-corrected chi connectivity index (χ3v) is 4.13. The smallest absolute Gasteiger partial charge is 0.341 e. The molecule has 3 rings (SSSR count). The van der Waals surface area contributed by atoms with Crippen LogP contribution in [0.3, 0.4) is 0 Å². The molecule has 1 aromatic heterocycles. The van der Waals surface area contributed by atoms with Gasteiger partial charge in [0.25, 0.3) is 5.91 Å². The second-order valence-corrected chi connectivity index (χ2v) is 5.98. The van der Waals surface area contributed by atoms with Gasteiger partial charge in [-0.15, -0.1) is 0 Å². The maximum absolute atomic E-state index is 12.1. The van der Waals surface area contributed by atoms with Gasteiger partial charge in [-0.05, 0) is 56.9 Å². The van der Waals surface area contributed by atoms with Crippen molar-refractivity contribution in [1.29, 1.82) is 0 Å². The van der Waals surface area contributed by atoms with E-state index in [0.717, 1.165) is 12.2 Å². The van der Waals surface area contributed by atoms with Crippen LogP contribution in [0.25, 0.3) is 5.69 Å². The maximum atomic E-state index is 12.1. The van der Waals surface area contributed by atoms with Crippen molar-refractivity contribution >= 4 is 11.9 Å². The fourth-order valence-corrected chi connectivity index (χ4v) is 2.49. The zero-order valence-corrected chi connectivity index (χ0v) is 13.9. The Morgan fingerprint density at radius 2 is 2.00 bits per heavy atom. The Bertz CT molecular complexity index is 745. The van der Waals surface area contributed by atoms with Crippen LogP contribution in [0.15, 0.2) is 30.5 Å². The largest absolute Gasteiger partial charge is 0.462 e. The summed E-state index contributed by atoms with van der Waals surface area (Å²) in [5.41, 5.74) is 2.57. The van der Waals surface area contributed by atoms with Gasteiger partial charge in [0, 0.05) is 12.1 Å². The summed E-state index contributed by atoms with van der Waals surface area (Å²) in [6.07, 6.45) is 3.92. The molecule has 1 aliphatic rings. The Morgan fingerprint density at radius 1 is 1.29 bits per heavy atom. The highest BCUT2D eigenvalue weighted by Crippen LogP contribution is 2.27. The summed E-state index contributed by atoms with van der Waals surface area (Å²) in [6.45, 7) is 4.66. The van der Waals surface area contributed by atoms with Gasteiger partial charge < -0.3 is 10.1 Å². The highest BCUT2D eigenvalue weighted by atomic mass is 16.5. The second-order valence-electron chi connectivity index (χ2n) is 5.98. The van der Waals surface area contributed by atoms with Crippen molar-refractivity contribution in [3.63, 3.8) is 0 Å². The van der Waals surface area contributed by atoms with E-state index in [2.05, 4.69) is 10.4 Å². The zero-order valence-electron chi connectivity index (χ0n) is 13.9. The van der Waals surface area contributed by atoms with Crippen LogP contribution in [-0.4, -0.2) is 34.8 Å². The molecule has 1 aliphatic carbocycles. The number of ether oxygens (including phenoxy) is 1. The summed E-state index contributed by atoms with van der Waals surface area (Å²) in [7, 11) is 0. The van der Waals surface area contributed by atoms with Gasteiger partial charge in [-0.25, -0.2) is 9.48 Å². The molecular weight excluding hydrogens is 306 g/mol. The summed E-state index contributed by atoms with van der Waals surface area (Å²) >= 11 is 0. The van der Waals surface area contributed by atoms with Crippen LogP contribution in [0.2, 0.25) is 0 Å². The number of benzene rings is 1. The molecule has 0 spiro atoms. The van der Waals surface area contributed by atoms with E-state index in [4.69, 9.17) is 4.74 Å². The average Bonchev–Trinajstić information content (AvgIpc) is 3.34. The molecular formula is C18H21N3O3. The van der Waals surface area contributed by atoms with E-state index < -0.39 is 0 Å². The summed E-state index contributed by atoms with van der Waals surface area (Å²) in [6, 6.07) is 7.17. The molecule has 6 nitrogen and oxygen atoms in total. The topological polar surface area (TPSA) is 73.2 Å². The maximum Gasteiger partial charge on any atom is 0.341 e. The van der Waals surface area contributed by atoms with Gasteiger partial charge in [0.05, 0.1) is 24.2 Å². The minimum absolute atomic E-state index is 0.0575. The number of rotatable bonds is 6. The standard InChI is InChI=1S/C18H21N3O3/c1-3-24-18(23)16-11-20-21(12(16)2)15-8-6-14(7-9-15)17(22)19-10-13-4-5-13/h6-9,11,13H,3-5,10H2,1-2H3,(H,19,22). The molecule has 2 aromatic rings. The highest BCUT2D eigenvalue weighted by Gasteiger charge is 2.22. The number of hydrogen-bond donors (Lipinski definition) is 1. The third-order valence-electron chi connectivity index (χ3n) is 4.13. The van der Waals surface area contributed by atoms with Gasteiger partial charge in [-0.1, -0.05) is 0 Å². The molecule has 0 unspecified atom stereocenters. The van der Waals surface area contributed by atoms with Crippen LogP contribution in [0.5, 0.6) is 0 Å². The molecule has 1 fully saturated rings. The van der Waals surface area contributed by atoms with Gasteiger partial charge in [-0.2, -0.15) is 5.10 Å². The molecule has 1 amide bonds. The number of carbonyl (C=O) groups excluding carboxylic acids is 2. The van der Waals surface area contributed by atoms with Crippen LogP contribution < -0.4 is 5.32 Å². The summed E-state index contributed by atoms with van der Waals surface area (Å²) in [5.74, 6) is 0.219. The quantitative estimate of drug-likeness (QED) is 0.827. The van der Waals surface area contributed by atoms with Crippen molar-refractivity contribution in [3.8, 4) is 5.69 Å². The van der Waals surface area contributed by atoms with Gasteiger partial charge in [-0.3, -0.25) is 4.79 Å². The van der Waals surface area contributed by atoms with E-state index in [1.165, 1.54) is 19.0 Å². The Kier molecular flexibility index (Phi) is 4.64. The van der Waals surface area contributed by atoms with Crippen LogP contribution in [0, 0.1) is 12.8 Å². The molecule has 1 N–H and O–H groups in total. The fraction of sp³-hybridized carbons (Fsp3) is 0.389. The monoisotopic (exact) mass is 327 g/mol. The number of aromatic nitrogens is 2. The highest BCUT2D eigenvalue weighted by molar-refractivity contribution is 5.94. The second kappa shape index (κ2) is 6.86. The fourth-order valence-electron chi connectivity index (χ4n) is 2.49. The normalized spacial score (nSPS) is 13.6. The predicted molar refractivity (Wildman–Crippen MR) is 89.3 cm³/mol. The zero-order chi connectivity index (χ0) is 17.1. The minimum atomic E-state index is -0.377. The number of hydrogen-bond acceptors (Lipinski definition) is 4. The van der Waals surface area contributed by atoms with E-state index in [-0.39, 0.29) is 11.9 Å². The van der Waals surface area contributed by atoms with Crippen LogP contribution in [-0.2, 0) is 4.74 Å². The van der Waals surface area contributed by atoms with E-state index in [9.17, 15) is 9.59 Å². The lowest BCUT2D eigenvalue weighted by Gasteiger charge is -2.08. The van der Waals surface area contributed by atoms with Crippen molar-refractivity contribution < 1.29 is 14.3 Å². The Hall–Kier alpha value is -2.63. The van der Waals surface area contributed by atoms with E-state index >= 15 is 0 Å². The Morgan fingerprint density at radius 3 is 2.62 bits per heavy atom. The first-order valence-electron chi connectivity index (χ1n) is 8.20. The Labute approximate surface area is 140 Å². The van der Waals surface area contributed by atoms with Gasteiger partial charge in [0.2, 0.25) is 0 Å². The summed E-state index contributed by atoms with van der Waals surface area (Å²) < 4.78 is 6.68. The lowest BCUT2D eigenvalue weighted by Crippen LogP contribution is -2.25. The first kappa shape index (κ1) is 16.2. The number of nitrogens with one attached hydrogen (secondary N) is 1. The molecule has 0 atom stereocenters. The van der Waals surface area contributed by atoms with Crippen molar-refractivity contribution in [2.75, 3.05) is 13.2 Å². The van der Waals surface area contributed by atoms with Crippen LogP contribution >= 0.6 is 0 Å². The molecule has 0 saturated heterocycles. The van der Waals surface area contributed by atoms with E-state index in [0.29, 0.717) is 29.3 Å². The SMILES string of the molecule is CCOC(=O)c1cnn(-c2ccc(C(=O)NCC3CC3)cc2)c1C. The molecule has 24 heavy (non-hydrogen) atoms. The van der Waals surface area contributed by atoms with Crippen molar-refractivity contribution in [3.05, 3.63) is 47.3 Å². The predicted octanol–water partition coefficient (Wildman–Crippen LogP) is 2.50. The molecule has 1 aromatic carbocycles. The average molecular weight is 327 g/mol. The lowest BCUT2D eigenvalue weighted by atomic mass is 10.2. The Balaban J connectivity index is 1.73. The van der Waals surface area contributed by atoms with Gasteiger partial charge >= 0.3 is 5.97 Å². The van der Waals surface area contributed by atoms with Gasteiger partial charge in [0.15, 0.2) is 0 Å². The van der Waals surface area contributed by atoms with Crippen molar-refractivity contribution in [1.82, 2.24) is 15.1 Å². The van der Waals surface area contributed by atoms with Crippen molar-refractivity contribution in [2.24, 2.45) is 5.92 Å². The molecule has 1 saturated carbocycles. The molecule has 0 radical (unpaired) electrons. The third kappa shape index (κ3) is 3.48. The molecule has 0 aliphatic heterocycles. The lowest BCUT2D eigenvalue weighted by molar-refractivity contribution is 0.0525. The first-order valence-corrected chi connectivity index (χ1v) is 8.20. The summed E-state index contributed by atoms with van der Waals surface area (Å²) in [5, 5.41) is 7.19. The van der Waals surface area contributed by atoms with E-state index in [1.54, 1.807) is 23.7 Å². The molecule has 1 heterocycles. The number of carbonyl (C=O) groups is 2.